The van der Waals surface area contributed by atoms with Gasteiger partial charge in [0.1, 0.15) is 17.4 Å². The SMILES string of the molecule is COc1ccc(-c2nc(SCC(=O)NCC(C)C)[nH]c(=O)c2C#N)cc1. The van der Waals surface area contributed by atoms with Crippen LogP contribution in [0, 0.1) is 17.2 Å². The molecule has 0 radical (unpaired) electrons. The summed E-state index contributed by atoms with van der Waals surface area (Å²) in [5.74, 6) is 1.01. The Morgan fingerprint density at radius 3 is 2.65 bits per heavy atom. The molecule has 8 heteroatoms. The molecule has 2 N–H and O–H groups in total. The molecule has 1 aromatic heterocycles. The number of aromatic nitrogens is 2. The molecular weight excluding hydrogens is 352 g/mol. The van der Waals surface area contributed by atoms with Crippen LogP contribution in [-0.4, -0.2) is 35.3 Å². The summed E-state index contributed by atoms with van der Waals surface area (Å²) in [6, 6.07) is 8.80. The number of nitrogens with zero attached hydrogens (tertiary/aromatic N) is 2. The van der Waals surface area contributed by atoms with E-state index in [0.717, 1.165) is 11.8 Å². The van der Waals surface area contributed by atoms with Crippen LogP contribution in [0.1, 0.15) is 19.4 Å². The molecule has 0 unspecified atom stereocenters. The van der Waals surface area contributed by atoms with E-state index in [4.69, 9.17) is 4.74 Å². The highest BCUT2D eigenvalue weighted by molar-refractivity contribution is 7.99. The quantitative estimate of drug-likeness (QED) is 0.570. The lowest BCUT2D eigenvalue weighted by molar-refractivity contribution is -0.118. The number of carbonyl (C=O) groups excluding carboxylic acids is 1. The lowest BCUT2D eigenvalue weighted by atomic mass is 10.1. The van der Waals surface area contributed by atoms with Gasteiger partial charge in [-0.15, -0.1) is 0 Å². The molecule has 2 rings (SSSR count). The van der Waals surface area contributed by atoms with Crippen molar-refractivity contribution in [3.05, 3.63) is 40.2 Å². The number of ether oxygens (including phenoxy) is 1. The van der Waals surface area contributed by atoms with Crippen LogP contribution in [0.4, 0.5) is 0 Å². The first-order valence-electron chi connectivity index (χ1n) is 8.03. The Bertz CT molecular complexity index is 869. The highest BCUT2D eigenvalue weighted by Crippen LogP contribution is 2.24. The average molecular weight is 372 g/mol. The van der Waals surface area contributed by atoms with Gasteiger partial charge < -0.3 is 15.0 Å². The third-order valence-corrected chi connectivity index (χ3v) is 4.29. The summed E-state index contributed by atoms with van der Waals surface area (Å²) in [5.41, 5.74) is 0.311. The molecule has 0 aliphatic heterocycles. The molecule has 0 fully saturated rings. The van der Waals surface area contributed by atoms with E-state index in [9.17, 15) is 14.9 Å². The standard InChI is InChI=1S/C18H20N4O3S/c1-11(2)9-20-15(23)10-26-18-21-16(14(8-19)17(24)22-18)12-4-6-13(25-3)7-5-12/h4-7,11H,9-10H2,1-3H3,(H,20,23)(H,21,22,24). The Hall–Kier alpha value is -2.79. The van der Waals surface area contributed by atoms with Gasteiger partial charge in [0.25, 0.3) is 5.56 Å². The predicted molar refractivity (Wildman–Crippen MR) is 100 cm³/mol. The van der Waals surface area contributed by atoms with Gasteiger partial charge in [0.05, 0.1) is 18.6 Å². The number of amides is 1. The van der Waals surface area contributed by atoms with Gasteiger partial charge >= 0.3 is 0 Å². The van der Waals surface area contributed by atoms with Crippen molar-refractivity contribution >= 4 is 17.7 Å². The molecule has 0 saturated heterocycles. The number of aromatic amines is 1. The number of carbonyl (C=O) groups is 1. The summed E-state index contributed by atoms with van der Waals surface area (Å²) in [4.78, 5) is 30.9. The second-order valence-electron chi connectivity index (χ2n) is 5.92. The molecule has 7 nitrogen and oxygen atoms in total. The second-order valence-corrected chi connectivity index (χ2v) is 6.89. The topological polar surface area (TPSA) is 108 Å². The van der Waals surface area contributed by atoms with Crippen molar-refractivity contribution in [2.45, 2.75) is 19.0 Å². The minimum absolute atomic E-state index is 0.0659. The van der Waals surface area contributed by atoms with Gasteiger partial charge in [-0.1, -0.05) is 25.6 Å². The van der Waals surface area contributed by atoms with Gasteiger partial charge in [0, 0.05) is 12.1 Å². The number of benzene rings is 1. The predicted octanol–water partition coefficient (Wildman–Crippen LogP) is 2.18. The van der Waals surface area contributed by atoms with E-state index in [2.05, 4.69) is 15.3 Å². The number of nitrogens with one attached hydrogen (secondary N) is 2. The highest BCUT2D eigenvalue weighted by Gasteiger charge is 2.14. The Balaban J connectivity index is 2.24. The third-order valence-electron chi connectivity index (χ3n) is 3.42. The van der Waals surface area contributed by atoms with E-state index < -0.39 is 5.56 Å². The van der Waals surface area contributed by atoms with E-state index in [1.165, 1.54) is 0 Å². The summed E-state index contributed by atoms with van der Waals surface area (Å²) in [6.45, 7) is 4.61. The van der Waals surface area contributed by atoms with Crippen LogP contribution in [0.2, 0.25) is 0 Å². The molecule has 0 aliphatic carbocycles. The van der Waals surface area contributed by atoms with Crippen molar-refractivity contribution in [2.75, 3.05) is 19.4 Å². The zero-order valence-electron chi connectivity index (χ0n) is 14.8. The van der Waals surface area contributed by atoms with Crippen LogP contribution < -0.4 is 15.6 Å². The van der Waals surface area contributed by atoms with Gasteiger partial charge in [0.2, 0.25) is 5.91 Å². The number of methoxy groups -OCH3 is 1. The fraction of sp³-hybridized carbons (Fsp3) is 0.333. The lowest BCUT2D eigenvalue weighted by Gasteiger charge is -2.09. The first kappa shape index (κ1) is 19.5. The molecule has 136 valence electrons. The summed E-state index contributed by atoms with van der Waals surface area (Å²) in [7, 11) is 1.56. The van der Waals surface area contributed by atoms with Gasteiger partial charge in [-0.2, -0.15) is 5.26 Å². The van der Waals surface area contributed by atoms with Gasteiger partial charge in [-0.3, -0.25) is 9.59 Å². The maximum atomic E-state index is 12.2. The molecule has 0 aliphatic rings. The monoisotopic (exact) mass is 372 g/mol. The molecule has 1 aromatic carbocycles. The number of hydrogen-bond donors (Lipinski definition) is 2. The van der Waals surface area contributed by atoms with Crippen molar-refractivity contribution < 1.29 is 9.53 Å². The minimum Gasteiger partial charge on any atom is -0.497 e. The van der Waals surface area contributed by atoms with Gasteiger partial charge in [0.15, 0.2) is 5.16 Å². The number of H-pyrrole nitrogens is 1. The fourth-order valence-corrected chi connectivity index (χ4v) is 2.78. The Labute approximate surface area is 155 Å². The van der Waals surface area contributed by atoms with Gasteiger partial charge in [-0.05, 0) is 30.2 Å². The van der Waals surface area contributed by atoms with Crippen molar-refractivity contribution in [1.82, 2.24) is 15.3 Å². The number of hydrogen-bond acceptors (Lipinski definition) is 6. The van der Waals surface area contributed by atoms with Crippen LogP contribution in [0.15, 0.2) is 34.2 Å². The summed E-state index contributed by atoms with van der Waals surface area (Å²) in [5, 5.41) is 12.4. The normalized spacial score (nSPS) is 10.4. The molecule has 0 atom stereocenters. The third kappa shape index (κ3) is 5.10. The van der Waals surface area contributed by atoms with E-state index in [-0.39, 0.29) is 22.9 Å². The van der Waals surface area contributed by atoms with Crippen molar-refractivity contribution in [1.29, 1.82) is 5.26 Å². The lowest BCUT2D eigenvalue weighted by Crippen LogP contribution is -2.29. The smallest absolute Gasteiger partial charge is 0.270 e. The molecule has 0 spiro atoms. The van der Waals surface area contributed by atoms with E-state index in [1.54, 1.807) is 31.4 Å². The molecule has 0 bridgehead atoms. The van der Waals surface area contributed by atoms with E-state index in [1.807, 2.05) is 19.9 Å². The van der Waals surface area contributed by atoms with Crippen LogP contribution >= 0.6 is 11.8 Å². The van der Waals surface area contributed by atoms with Crippen LogP contribution in [0.25, 0.3) is 11.3 Å². The molecule has 26 heavy (non-hydrogen) atoms. The maximum absolute atomic E-state index is 12.2. The van der Waals surface area contributed by atoms with Crippen molar-refractivity contribution in [2.24, 2.45) is 5.92 Å². The minimum atomic E-state index is -0.529. The second kappa shape index (κ2) is 9.06. The zero-order chi connectivity index (χ0) is 19.1. The summed E-state index contributed by atoms with van der Waals surface area (Å²) < 4.78 is 5.11. The Morgan fingerprint density at radius 2 is 2.08 bits per heavy atom. The number of rotatable bonds is 7. The molecule has 1 heterocycles. The summed E-state index contributed by atoms with van der Waals surface area (Å²) in [6.07, 6.45) is 0. The summed E-state index contributed by atoms with van der Waals surface area (Å²) >= 11 is 1.12. The van der Waals surface area contributed by atoms with Crippen molar-refractivity contribution in [3.63, 3.8) is 0 Å². The molecule has 1 amide bonds. The van der Waals surface area contributed by atoms with Crippen LogP contribution in [0.5, 0.6) is 5.75 Å². The first-order valence-corrected chi connectivity index (χ1v) is 9.01. The van der Waals surface area contributed by atoms with Crippen LogP contribution in [0.3, 0.4) is 0 Å². The zero-order valence-corrected chi connectivity index (χ0v) is 15.6. The maximum Gasteiger partial charge on any atom is 0.270 e. The highest BCUT2D eigenvalue weighted by atomic mass is 32.2. The van der Waals surface area contributed by atoms with E-state index in [0.29, 0.717) is 28.9 Å². The number of nitriles is 1. The average Bonchev–Trinajstić information content (AvgIpc) is 2.64. The first-order chi connectivity index (χ1) is 12.4. The largest absolute Gasteiger partial charge is 0.497 e. The molecular formula is C18H20N4O3S. The van der Waals surface area contributed by atoms with Crippen molar-refractivity contribution in [3.8, 4) is 23.1 Å². The van der Waals surface area contributed by atoms with Crippen LogP contribution in [-0.2, 0) is 4.79 Å². The fourth-order valence-electron chi connectivity index (χ4n) is 2.09. The molecule has 0 saturated carbocycles. The molecule has 2 aromatic rings. The van der Waals surface area contributed by atoms with E-state index >= 15 is 0 Å². The Kier molecular flexibility index (Phi) is 6.81. The Morgan fingerprint density at radius 1 is 1.38 bits per heavy atom. The number of thioether (sulfide) groups is 1. The van der Waals surface area contributed by atoms with Gasteiger partial charge in [-0.25, -0.2) is 4.98 Å².